The molecule has 2 heterocycles. The molecule has 0 spiro atoms. The molecule has 82 valence electrons. The standard InChI is InChI=1S/C11H12N4S/c1-6-13-9(5-16-6)8-4-10(12)15-11(14-8)7-2-3-7/h4-5,7H,2-3H2,1H3,(H2,12,14,15). The van der Waals surface area contributed by atoms with E-state index in [1.165, 1.54) is 12.8 Å². The highest BCUT2D eigenvalue weighted by molar-refractivity contribution is 7.09. The maximum absolute atomic E-state index is 5.79. The van der Waals surface area contributed by atoms with Crippen LogP contribution in [0.4, 0.5) is 5.82 Å². The second-order valence-electron chi connectivity index (χ2n) is 4.06. The van der Waals surface area contributed by atoms with Crippen LogP contribution in [-0.4, -0.2) is 15.0 Å². The summed E-state index contributed by atoms with van der Waals surface area (Å²) in [4.78, 5) is 13.2. The lowest BCUT2D eigenvalue weighted by molar-refractivity contribution is 0.934. The van der Waals surface area contributed by atoms with E-state index in [1.54, 1.807) is 17.4 Å². The first-order valence-electron chi connectivity index (χ1n) is 5.29. The van der Waals surface area contributed by atoms with Gasteiger partial charge in [-0.15, -0.1) is 11.3 Å². The van der Waals surface area contributed by atoms with E-state index in [9.17, 15) is 0 Å². The molecule has 3 rings (SSSR count). The van der Waals surface area contributed by atoms with Gasteiger partial charge in [0.25, 0.3) is 0 Å². The van der Waals surface area contributed by atoms with E-state index in [0.717, 1.165) is 22.2 Å². The molecule has 0 atom stereocenters. The number of nitrogen functional groups attached to an aromatic ring is 1. The molecule has 4 nitrogen and oxygen atoms in total. The van der Waals surface area contributed by atoms with E-state index in [4.69, 9.17) is 5.73 Å². The third-order valence-electron chi connectivity index (χ3n) is 2.59. The maximum Gasteiger partial charge on any atom is 0.134 e. The predicted molar refractivity (Wildman–Crippen MR) is 64.3 cm³/mol. The Morgan fingerprint density at radius 2 is 2.06 bits per heavy atom. The van der Waals surface area contributed by atoms with E-state index < -0.39 is 0 Å². The normalized spacial score (nSPS) is 15.3. The number of nitrogens with two attached hydrogens (primary N) is 1. The first-order valence-corrected chi connectivity index (χ1v) is 6.17. The Balaban J connectivity index is 2.06. The third-order valence-corrected chi connectivity index (χ3v) is 3.36. The molecule has 2 aromatic heterocycles. The predicted octanol–water partition coefficient (Wildman–Crippen LogP) is 2.37. The van der Waals surface area contributed by atoms with Gasteiger partial charge in [0.15, 0.2) is 0 Å². The third kappa shape index (κ3) is 1.78. The number of hydrogen-bond acceptors (Lipinski definition) is 5. The average Bonchev–Trinajstić information content (AvgIpc) is 3.01. The number of nitrogens with zero attached hydrogens (tertiary/aromatic N) is 3. The van der Waals surface area contributed by atoms with Crippen LogP contribution < -0.4 is 5.73 Å². The molecule has 5 heteroatoms. The van der Waals surface area contributed by atoms with Crippen molar-refractivity contribution in [3.05, 3.63) is 22.3 Å². The van der Waals surface area contributed by atoms with Crippen LogP contribution >= 0.6 is 11.3 Å². The first kappa shape index (κ1) is 9.72. The molecule has 0 bridgehead atoms. The van der Waals surface area contributed by atoms with E-state index in [-0.39, 0.29) is 0 Å². The van der Waals surface area contributed by atoms with Crippen LogP contribution in [0.2, 0.25) is 0 Å². The molecule has 0 unspecified atom stereocenters. The van der Waals surface area contributed by atoms with Crippen molar-refractivity contribution < 1.29 is 0 Å². The second kappa shape index (κ2) is 3.52. The Morgan fingerprint density at radius 3 is 2.69 bits per heavy atom. The van der Waals surface area contributed by atoms with Gasteiger partial charge < -0.3 is 5.73 Å². The van der Waals surface area contributed by atoms with Crippen molar-refractivity contribution in [3.8, 4) is 11.4 Å². The second-order valence-corrected chi connectivity index (χ2v) is 5.12. The Kier molecular flexibility index (Phi) is 2.14. The zero-order valence-electron chi connectivity index (χ0n) is 8.97. The molecule has 2 aromatic rings. The Bertz CT molecular complexity index is 531. The lowest BCUT2D eigenvalue weighted by Crippen LogP contribution is -2.00. The molecule has 0 aliphatic heterocycles. The topological polar surface area (TPSA) is 64.7 Å². The van der Waals surface area contributed by atoms with E-state index in [0.29, 0.717) is 11.7 Å². The molecule has 0 saturated heterocycles. The molecule has 1 saturated carbocycles. The van der Waals surface area contributed by atoms with Gasteiger partial charge in [-0.05, 0) is 19.8 Å². The number of hydrogen-bond donors (Lipinski definition) is 1. The SMILES string of the molecule is Cc1nc(-c2cc(N)nc(C3CC3)n2)cs1. The number of thiazole rings is 1. The smallest absolute Gasteiger partial charge is 0.134 e. The maximum atomic E-state index is 5.79. The van der Waals surface area contributed by atoms with Crippen molar-refractivity contribution in [2.45, 2.75) is 25.7 Å². The first-order chi connectivity index (χ1) is 7.72. The Hall–Kier alpha value is -1.49. The van der Waals surface area contributed by atoms with Crippen LogP contribution in [-0.2, 0) is 0 Å². The minimum atomic E-state index is 0.516. The number of anilines is 1. The fourth-order valence-corrected chi connectivity index (χ4v) is 2.23. The summed E-state index contributed by atoms with van der Waals surface area (Å²) in [5, 5.41) is 3.05. The summed E-state index contributed by atoms with van der Waals surface area (Å²) >= 11 is 1.62. The van der Waals surface area contributed by atoms with Crippen LogP contribution in [0, 0.1) is 6.92 Å². The summed E-state index contributed by atoms with van der Waals surface area (Å²) in [6, 6.07) is 1.79. The summed E-state index contributed by atoms with van der Waals surface area (Å²) in [6.45, 7) is 1.99. The van der Waals surface area contributed by atoms with E-state index in [2.05, 4.69) is 15.0 Å². The average molecular weight is 232 g/mol. The Morgan fingerprint density at radius 1 is 1.25 bits per heavy atom. The molecular weight excluding hydrogens is 220 g/mol. The van der Waals surface area contributed by atoms with Crippen LogP contribution in [0.3, 0.4) is 0 Å². The molecule has 1 fully saturated rings. The zero-order valence-corrected chi connectivity index (χ0v) is 9.79. The highest BCUT2D eigenvalue weighted by atomic mass is 32.1. The summed E-state index contributed by atoms with van der Waals surface area (Å²) < 4.78 is 0. The minimum absolute atomic E-state index is 0.516. The molecule has 2 N–H and O–H groups in total. The van der Waals surface area contributed by atoms with Crippen molar-refractivity contribution in [2.24, 2.45) is 0 Å². The van der Waals surface area contributed by atoms with Crippen LogP contribution in [0.1, 0.15) is 29.6 Å². The van der Waals surface area contributed by atoms with Crippen molar-refractivity contribution in [2.75, 3.05) is 5.73 Å². The molecule has 16 heavy (non-hydrogen) atoms. The van der Waals surface area contributed by atoms with Crippen molar-refractivity contribution in [3.63, 3.8) is 0 Å². The van der Waals surface area contributed by atoms with Crippen LogP contribution in [0.25, 0.3) is 11.4 Å². The van der Waals surface area contributed by atoms with Gasteiger partial charge >= 0.3 is 0 Å². The van der Waals surface area contributed by atoms with Crippen molar-refractivity contribution >= 4 is 17.2 Å². The zero-order chi connectivity index (χ0) is 11.1. The van der Waals surface area contributed by atoms with Gasteiger partial charge in [0, 0.05) is 17.4 Å². The summed E-state index contributed by atoms with van der Waals surface area (Å²) in [6.07, 6.45) is 2.36. The summed E-state index contributed by atoms with van der Waals surface area (Å²) in [7, 11) is 0. The van der Waals surface area contributed by atoms with Crippen molar-refractivity contribution in [1.29, 1.82) is 0 Å². The monoisotopic (exact) mass is 232 g/mol. The molecule has 0 aromatic carbocycles. The fourth-order valence-electron chi connectivity index (χ4n) is 1.62. The summed E-state index contributed by atoms with van der Waals surface area (Å²) in [5.74, 6) is 1.93. The number of rotatable bonds is 2. The highest BCUT2D eigenvalue weighted by Gasteiger charge is 2.27. The molecule has 1 aliphatic rings. The van der Waals surface area contributed by atoms with Gasteiger partial charge in [-0.2, -0.15) is 0 Å². The quantitative estimate of drug-likeness (QED) is 0.863. The number of aryl methyl sites for hydroxylation is 1. The van der Waals surface area contributed by atoms with E-state index in [1.807, 2.05) is 12.3 Å². The van der Waals surface area contributed by atoms with Gasteiger partial charge in [-0.1, -0.05) is 0 Å². The lowest BCUT2D eigenvalue weighted by atomic mass is 10.3. The lowest BCUT2D eigenvalue weighted by Gasteiger charge is -2.02. The van der Waals surface area contributed by atoms with E-state index >= 15 is 0 Å². The minimum Gasteiger partial charge on any atom is -0.384 e. The van der Waals surface area contributed by atoms with Gasteiger partial charge in [0.1, 0.15) is 17.3 Å². The van der Waals surface area contributed by atoms with Crippen LogP contribution in [0.5, 0.6) is 0 Å². The van der Waals surface area contributed by atoms with Crippen LogP contribution in [0.15, 0.2) is 11.4 Å². The molecule has 0 radical (unpaired) electrons. The molecule has 1 aliphatic carbocycles. The number of aromatic nitrogens is 3. The highest BCUT2D eigenvalue weighted by Crippen LogP contribution is 2.39. The molecule has 0 amide bonds. The van der Waals surface area contributed by atoms with Gasteiger partial charge in [-0.3, -0.25) is 0 Å². The Labute approximate surface area is 97.6 Å². The fraction of sp³-hybridized carbons (Fsp3) is 0.364. The molecular formula is C11H12N4S. The largest absolute Gasteiger partial charge is 0.384 e. The van der Waals surface area contributed by atoms with Gasteiger partial charge in [0.2, 0.25) is 0 Å². The van der Waals surface area contributed by atoms with Gasteiger partial charge in [-0.25, -0.2) is 15.0 Å². The van der Waals surface area contributed by atoms with Gasteiger partial charge in [0.05, 0.1) is 10.7 Å². The van der Waals surface area contributed by atoms with Crippen molar-refractivity contribution in [1.82, 2.24) is 15.0 Å². The summed E-state index contributed by atoms with van der Waals surface area (Å²) in [5.41, 5.74) is 7.54.